The van der Waals surface area contributed by atoms with E-state index in [1.54, 1.807) is 18.3 Å². The van der Waals surface area contributed by atoms with Crippen LogP contribution in [0.5, 0.6) is 0 Å². The number of benzene rings is 2. The standard InChI is InChI=1S/C29H31Cl2N7/c1-28(2,3)16-34-25-18(13-32)14-33-26-21(25)8-19(9-23(26)31)35-27(20-6-4-5-7-22(20)30)24-15-38(37-36-24)29-10-17(11-29)12-29/h4-9,14-15,17,27,35-37H,10-12,16H2,1-3H3,(H,33,34)/t17?,27-,29?/m1/s1/i27D. The number of halogens is 2. The molecule has 1 aromatic heterocycles. The van der Waals surface area contributed by atoms with Crippen molar-refractivity contribution in [1.82, 2.24) is 21.0 Å². The van der Waals surface area contributed by atoms with Gasteiger partial charge in [0.25, 0.3) is 0 Å². The lowest BCUT2D eigenvalue weighted by Gasteiger charge is -2.64. The van der Waals surface area contributed by atoms with E-state index in [2.05, 4.69) is 58.4 Å². The Morgan fingerprint density at radius 1 is 1.24 bits per heavy atom. The fourth-order valence-electron chi connectivity index (χ4n) is 5.47. The maximum atomic E-state index is 9.82. The van der Waals surface area contributed by atoms with Crippen molar-refractivity contribution in [1.29, 1.82) is 5.26 Å². The molecule has 7 nitrogen and oxygen atoms in total. The van der Waals surface area contributed by atoms with Crippen molar-refractivity contribution in [3.05, 3.63) is 75.7 Å². The molecule has 0 amide bonds. The van der Waals surface area contributed by atoms with Crippen LogP contribution in [0.25, 0.3) is 10.9 Å². The molecular formula is C29H31Cl2N7. The molecule has 0 unspecified atom stereocenters. The lowest BCUT2D eigenvalue weighted by molar-refractivity contribution is -0.141. The summed E-state index contributed by atoms with van der Waals surface area (Å²) >= 11 is 13.4. The van der Waals surface area contributed by atoms with Crippen LogP contribution in [0.15, 0.2) is 54.5 Å². The molecule has 3 aliphatic carbocycles. The number of hydrogen-bond acceptors (Lipinski definition) is 7. The minimum absolute atomic E-state index is 0.0117. The van der Waals surface area contributed by atoms with E-state index in [4.69, 9.17) is 23.2 Å². The summed E-state index contributed by atoms with van der Waals surface area (Å²) in [5, 5.41) is 20.4. The van der Waals surface area contributed by atoms with Crippen LogP contribution in [-0.2, 0) is 0 Å². The number of aromatic nitrogens is 1. The van der Waals surface area contributed by atoms with Crippen LogP contribution in [0.4, 0.5) is 11.4 Å². The lowest BCUT2D eigenvalue weighted by atomic mass is 9.49. The molecule has 3 fully saturated rings. The predicted octanol–water partition coefficient (Wildman–Crippen LogP) is 6.74. The quantitative estimate of drug-likeness (QED) is 0.260. The zero-order valence-corrected chi connectivity index (χ0v) is 23.1. The Morgan fingerprint density at radius 3 is 2.66 bits per heavy atom. The number of hydrazine groups is 2. The van der Waals surface area contributed by atoms with Crippen LogP contribution in [0.1, 0.15) is 58.5 Å². The minimum atomic E-state index is -1.47. The molecular weight excluding hydrogens is 517 g/mol. The van der Waals surface area contributed by atoms with Gasteiger partial charge in [-0.25, -0.2) is 0 Å². The molecule has 4 N–H and O–H groups in total. The molecule has 0 saturated heterocycles. The third-order valence-corrected chi connectivity index (χ3v) is 8.23. The molecule has 0 radical (unpaired) electrons. The van der Waals surface area contributed by atoms with E-state index < -0.39 is 6.02 Å². The van der Waals surface area contributed by atoms with Gasteiger partial charge in [-0.05, 0) is 54.4 Å². The van der Waals surface area contributed by atoms with Crippen molar-refractivity contribution in [3.8, 4) is 6.07 Å². The molecule has 2 aromatic carbocycles. The molecule has 2 bridgehead atoms. The Kier molecular flexibility index (Phi) is 5.81. The van der Waals surface area contributed by atoms with E-state index in [0.717, 1.165) is 25.2 Å². The summed E-state index contributed by atoms with van der Waals surface area (Å²) in [6.45, 7) is 7.03. The molecule has 0 spiro atoms. The van der Waals surface area contributed by atoms with Crippen LogP contribution in [0.3, 0.4) is 0 Å². The predicted molar refractivity (Wildman–Crippen MR) is 153 cm³/mol. The normalized spacial score (nSPS) is 23.8. The topological polar surface area (TPSA) is 88.0 Å². The van der Waals surface area contributed by atoms with E-state index in [9.17, 15) is 6.63 Å². The van der Waals surface area contributed by atoms with Gasteiger partial charge in [-0.1, -0.05) is 62.2 Å². The third kappa shape index (κ3) is 4.41. The van der Waals surface area contributed by atoms with Crippen molar-refractivity contribution in [2.45, 2.75) is 51.6 Å². The Balaban J connectivity index is 1.44. The smallest absolute Gasteiger partial charge is 0.103 e. The zero-order valence-electron chi connectivity index (χ0n) is 22.6. The molecule has 38 heavy (non-hydrogen) atoms. The van der Waals surface area contributed by atoms with E-state index >= 15 is 0 Å². The van der Waals surface area contributed by atoms with Crippen LogP contribution in [0.2, 0.25) is 10.0 Å². The second kappa shape index (κ2) is 9.23. The Labute approximate surface area is 234 Å². The number of nitrogens with zero attached hydrogens (tertiary/aromatic N) is 3. The highest BCUT2D eigenvalue weighted by molar-refractivity contribution is 6.36. The highest BCUT2D eigenvalue weighted by atomic mass is 35.5. The summed E-state index contributed by atoms with van der Waals surface area (Å²) in [5.41, 5.74) is 10.1. The SMILES string of the molecule is [2H][C@](Nc1cc(Cl)c2ncc(C#N)c(NCC(C)(C)C)c2c1)(C1=CN(C23CC(C2)C3)NN1)c1ccccc1Cl. The minimum Gasteiger partial charge on any atom is -0.383 e. The Bertz CT molecular complexity index is 1530. The van der Waals surface area contributed by atoms with Gasteiger partial charge >= 0.3 is 0 Å². The largest absolute Gasteiger partial charge is 0.383 e. The summed E-state index contributed by atoms with van der Waals surface area (Å²) in [6.07, 6.45) is 7.01. The first kappa shape index (κ1) is 23.9. The Morgan fingerprint density at radius 2 is 2.00 bits per heavy atom. The first-order chi connectivity index (χ1) is 18.5. The average molecular weight is 550 g/mol. The summed E-state index contributed by atoms with van der Waals surface area (Å²) in [4.78, 5) is 4.47. The fourth-order valence-corrected chi connectivity index (χ4v) is 5.97. The number of nitriles is 1. The second-order valence-corrected chi connectivity index (χ2v) is 12.6. The van der Waals surface area contributed by atoms with Crippen molar-refractivity contribution in [3.63, 3.8) is 0 Å². The van der Waals surface area contributed by atoms with Crippen LogP contribution in [-0.4, -0.2) is 22.1 Å². The van der Waals surface area contributed by atoms with E-state index in [1.807, 2.05) is 30.5 Å². The number of pyridine rings is 1. The molecule has 3 saturated carbocycles. The van der Waals surface area contributed by atoms with E-state index in [1.165, 1.54) is 0 Å². The van der Waals surface area contributed by atoms with Gasteiger partial charge in [-0.3, -0.25) is 9.99 Å². The van der Waals surface area contributed by atoms with Gasteiger partial charge in [-0.15, -0.1) is 5.53 Å². The summed E-state index contributed by atoms with van der Waals surface area (Å²) in [7, 11) is 0. The number of hydrogen-bond donors (Lipinski definition) is 4. The fraction of sp³-hybridized carbons (Fsp3) is 0.379. The molecule has 1 atom stereocenters. The summed E-state index contributed by atoms with van der Waals surface area (Å²) in [5.74, 6) is 0.819. The lowest BCUT2D eigenvalue weighted by Crippen LogP contribution is -2.69. The molecule has 196 valence electrons. The van der Waals surface area contributed by atoms with Crippen molar-refractivity contribution in [2.24, 2.45) is 11.3 Å². The molecule has 7 rings (SSSR count). The van der Waals surface area contributed by atoms with Crippen LogP contribution < -0.4 is 21.6 Å². The van der Waals surface area contributed by atoms with Gasteiger partial charge in [0.1, 0.15) is 6.07 Å². The van der Waals surface area contributed by atoms with Gasteiger partial charge in [-0.2, -0.15) is 5.26 Å². The van der Waals surface area contributed by atoms with Crippen molar-refractivity contribution >= 4 is 45.5 Å². The molecule has 2 heterocycles. The average Bonchev–Trinajstić information content (AvgIpc) is 3.30. The molecule has 4 aliphatic rings. The summed E-state index contributed by atoms with van der Waals surface area (Å²) in [6, 6.07) is 11.8. The van der Waals surface area contributed by atoms with Gasteiger partial charge < -0.3 is 16.1 Å². The van der Waals surface area contributed by atoms with Crippen LogP contribution >= 0.6 is 23.2 Å². The maximum Gasteiger partial charge on any atom is 0.103 e. The molecule has 9 heteroatoms. The highest BCUT2D eigenvalue weighted by Gasteiger charge is 2.60. The van der Waals surface area contributed by atoms with Gasteiger partial charge in [0.2, 0.25) is 0 Å². The van der Waals surface area contributed by atoms with E-state index in [-0.39, 0.29) is 11.0 Å². The van der Waals surface area contributed by atoms with E-state index in [0.29, 0.717) is 55.7 Å². The van der Waals surface area contributed by atoms with Gasteiger partial charge in [0.15, 0.2) is 0 Å². The number of fused-ring (bicyclic) bond motifs is 1. The van der Waals surface area contributed by atoms with Crippen LogP contribution in [0, 0.1) is 22.7 Å². The monoisotopic (exact) mass is 548 g/mol. The third-order valence-electron chi connectivity index (χ3n) is 7.61. The first-order valence-corrected chi connectivity index (χ1v) is 13.6. The number of anilines is 2. The Hall–Kier alpha value is -3.18. The zero-order chi connectivity index (χ0) is 27.6. The molecule has 3 aromatic rings. The van der Waals surface area contributed by atoms with Crippen molar-refractivity contribution in [2.75, 3.05) is 17.2 Å². The van der Waals surface area contributed by atoms with Gasteiger partial charge in [0.05, 0.1) is 40.4 Å². The number of nitrogens with one attached hydrogen (secondary N) is 4. The first-order valence-electron chi connectivity index (χ1n) is 13.3. The van der Waals surface area contributed by atoms with Crippen molar-refractivity contribution < 1.29 is 1.37 Å². The summed E-state index contributed by atoms with van der Waals surface area (Å²) < 4.78 is 9.77. The highest BCUT2D eigenvalue weighted by Crippen LogP contribution is 2.60. The maximum absolute atomic E-state index is 9.82. The number of rotatable bonds is 7. The second-order valence-electron chi connectivity index (χ2n) is 11.8. The molecule has 1 aliphatic heterocycles. The van der Waals surface area contributed by atoms with Gasteiger partial charge in [0, 0.05) is 35.0 Å².